The highest BCUT2D eigenvalue weighted by Gasteiger charge is 2.29. The molecule has 1 heterocycles. The highest BCUT2D eigenvalue weighted by Crippen LogP contribution is 2.22. The molecule has 0 saturated carbocycles. The monoisotopic (exact) mass is 265 g/mol. The Morgan fingerprint density at radius 2 is 2.06 bits per heavy atom. The van der Waals surface area contributed by atoms with Gasteiger partial charge in [-0.1, -0.05) is 0 Å². The van der Waals surface area contributed by atoms with Crippen LogP contribution in [0.1, 0.15) is 17.3 Å². The smallest absolute Gasteiger partial charge is 0.422 e. The third-order valence-corrected chi connectivity index (χ3v) is 1.73. The van der Waals surface area contributed by atoms with Gasteiger partial charge in [-0.3, -0.25) is 0 Å². The van der Waals surface area contributed by atoms with Crippen molar-refractivity contribution in [3.05, 3.63) is 17.7 Å². The number of carboxylic acid groups (broad SMARTS) is 1. The van der Waals surface area contributed by atoms with Crippen LogP contribution in [-0.2, 0) is 0 Å². The number of carboxylic acids is 1. The van der Waals surface area contributed by atoms with E-state index in [1.165, 1.54) is 0 Å². The normalized spacial score (nSPS) is 11.1. The van der Waals surface area contributed by atoms with Crippen LogP contribution in [0.5, 0.6) is 11.8 Å². The van der Waals surface area contributed by atoms with Gasteiger partial charge in [-0.2, -0.15) is 18.2 Å². The molecule has 1 aromatic heterocycles. The first-order chi connectivity index (χ1) is 8.33. The van der Waals surface area contributed by atoms with Crippen molar-refractivity contribution >= 4 is 5.97 Å². The molecule has 0 aromatic carbocycles. The molecule has 100 valence electrons. The first-order valence-electron chi connectivity index (χ1n) is 4.90. The molecule has 1 N–H and O–H groups in total. The molecule has 0 saturated heterocycles. The molecule has 0 unspecified atom stereocenters. The van der Waals surface area contributed by atoms with E-state index in [0.717, 1.165) is 12.1 Å². The molecule has 0 spiro atoms. The average Bonchev–Trinajstić information content (AvgIpc) is 2.25. The van der Waals surface area contributed by atoms with Gasteiger partial charge in [0.2, 0.25) is 11.8 Å². The van der Waals surface area contributed by atoms with Crippen molar-refractivity contribution in [1.82, 2.24) is 4.98 Å². The molecule has 1 aromatic rings. The molecule has 0 bridgehead atoms. The Balaban J connectivity index is 2.89. The molecule has 8 heteroatoms. The van der Waals surface area contributed by atoms with E-state index in [-0.39, 0.29) is 23.9 Å². The molecule has 0 atom stereocenters. The van der Waals surface area contributed by atoms with Gasteiger partial charge in [-0.15, -0.1) is 0 Å². The Labute approximate surface area is 100 Å². The van der Waals surface area contributed by atoms with Crippen molar-refractivity contribution in [1.29, 1.82) is 0 Å². The Hall–Kier alpha value is -1.99. The number of ether oxygens (including phenoxy) is 2. The van der Waals surface area contributed by atoms with Crippen molar-refractivity contribution in [2.75, 3.05) is 13.2 Å². The van der Waals surface area contributed by atoms with Crippen LogP contribution in [0.25, 0.3) is 0 Å². The number of rotatable bonds is 5. The lowest BCUT2D eigenvalue weighted by molar-refractivity contribution is -0.154. The van der Waals surface area contributed by atoms with E-state index in [9.17, 15) is 18.0 Å². The Kier molecular flexibility index (Phi) is 4.35. The lowest BCUT2D eigenvalue weighted by Crippen LogP contribution is -2.20. The van der Waals surface area contributed by atoms with E-state index in [4.69, 9.17) is 9.84 Å². The van der Waals surface area contributed by atoms with Crippen LogP contribution in [0, 0.1) is 0 Å². The first-order valence-corrected chi connectivity index (χ1v) is 4.90. The zero-order valence-electron chi connectivity index (χ0n) is 9.32. The van der Waals surface area contributed by atoms with Gasteiger partial charge in [-0.05, 0) is 13.0 Å². The Bertz CT molecular complexity index is 434. The molecule has 0 aliphatic rings. The van der Waals surface area contributed by atoms with Crippen LogP contribution >= 0.6 is 0 Å². The quantitative estimate of drug-likeness (QED) is 0.883. The maximum absolute atomic E-state index is 11.9. The molecule has 0 aliphatic carbocycles. The standard InChI is InChI=1S/C10H10F3NO4/c1-2-17-8-6(9(15)16)3-4-7(14-8)18-5-10(11,12)13/h3-4H,2,5H2,1H3,(H,15,16). The number of hydrogen-bond donors (Lipinski definition) is 1. The molecule has 1 rings (SSSR count). The highest BCUT2D eigenvalue weighted by molar-refractivity contribution is 5.90. The zero-order valence-corrected chi connectivity index (χ0v) is 9.32. The number of nitrogens with zero attached hydrogens (tertiary/aromatic N) is 1. The number of hydrogen-bond acceptors (Lipinski definition) is 4. The summed E-state index contributed by atoms with van der Waals surface area (Å²) in [4.78, 5) is 14.3. The van der Waals surface area contributed by atoms with Crippen molar-refractivity contribution in [2.24, 2.45) is 0 Å². The summed E-state index contributed by atoms with van der Waals surface area (Å²) in [6.45, 7) is 0.227. The van der Waals surface area contributed by atoms with E-state index in [1.54, 1.807) is 6.92 Å². The SMILES string of the molecule is CCOc1nc(OCC(F)(F)F)ccc1C(=O)O. The van der Waals surface area contributed by atoms with E-state index < -0.39 is 18.8 Å². The van der Waals surface area contributed by atoms with Gasteiger partial charge in [0.25, 0.3) is 0 Å². The van der Waals surface area contributed by atoms with E-state index in [2.05, 4.69) is 9.72 Å². The summed E-state index contributed by atoms with van der Waals surface area (Å²) in [6, 6.07) is 2.11. The van der Waals surface area contributed by atoms with Gasteiger partial charge in [0.1, 0.15) is 5.56 Å². The summed E-state index contributed by atoms with van der Waals surface area (Å²) in [5.74, 6) is -1.90. The van der Waals surface area contributed by atoms with Crippen LogP contribution in [0.2, 0.25) is 0 Å². The summed E-state index contributed by atoms with van der Waals surface area (Å²) < 4.78 is 45.1. The maximum Gasteiger partial charge on any atom is 0.422 e. The maximum atomic E-state index is 11.9. The first kappa shape index (κ1) is 14.1. The number of aromatic carboxylic acids is 1. The third kappa shape index (κ3) is 4.11. The summed E-state index contributed by atoms with van der Waals surface area (Å²) in [6.07, 6.45) is -4.49. The fourth-order valence-electron chi connectivity index (χ4n) is 1.07. The van der Waals surface area contributed by atoms with Crippen LogP contribution in [0.4, 0.5) is 13.2 Å². The highest BCUT2D eigenvalue weighted by atomic mass is 19.4. The lowest BCUT2D eigenvalue weighted by atomic mass is 10.3. The van der Waals surface area contributed by atoms with E-state index >= 15 is 0 Å². The minimum Gasteiger partial charge on any atom is -0.477 e. The van der Waals surface area contributed by atoms with E-state index in [1.807, 2.05) is 0 Å². The second kappa shape index (κ2) is 5.56. The minimum absolute atomic E-state index is 0.135. The van der Waals surface area contributed by atoms with Crippen molar-refractivity contribution in [2.45, 2.75) is 13.1 Å². The molecule has 0 radical (unpaired) electrons. The molecular formula is C10H10F3NO4. The number of carbonyl (C=O) groups is 1. The van der Waals surface area contributed by atoms with Gasteiger partial charge in [0, 0.05) is 6.07 Å². The second-order valence-electron chi connectivity index (χ2n) is 3.14. The molecule has 0 amide bonds. The number of alkyl halides is 3. The second-order valence-corrected chi connectivity index (χ2v) is 3.14. The topological polar surface area (TPSA) is 68.7 Å². The summed E-state index contributed by atoms with van der Waals surface area (Å²) in [5.41, 5.74) is -0.240. The van der Waals surface area contributed by atoms with Crippen molar-refractivity contribution < 1.29 is 32.5 Å². The molecule has 0 aliphatic heterocycles. The van der Waals surface area contributed by atoms with Crippen molar-refractivity contribution in [3.8, 4) is 11.8 Å². The molecule has 0 fully saturated rings. The summed E-state index contributed by atoms with van der Waals surface area (Å²) in [7, 11) is 0. The fraction of sp³-hybridized carbons (Fsp3) is 0.400. The molecule has 18 heavy (non-hydrogen) atoms. The largest absolute Gasteiger partial charge is 0.477 e. The van der Waals surface area contributed by atoms with Gasteiger partial charge < -0.3 is 14.6 Å². The predicted molar refractivity (Wildman–Crippen MR) is 53.9 cm³/mol. The van der Waals surface area contributed by atoms with Gasteiger partial charge >= 0.3 is 12.1 Å². The van der Waals surface area contributed by atoms with Gasteiger partial charge in [0.05, 0.1) is 6.61 Å². The molecule has 5 nitrogen and oxygen atoms in total. The molecular weight excluding hydrogens is 255 g/mol. The third-order valence-electron chi connectivity index (χ3n) is 1.73. The Morgan fingerprint density at radius 1 is 1.39 bits per heavy atom. The van der Waals surface area contributed by atoms with Gasteiger partial charge in [-0.25, -0.2) is 4.79 Å². The van der Waals surface area contributed by atoms with Crippen molar-refractivity contribution in [3.63, 3.8) is 0 Å². The number of aromatic nitrogens is 1. The fourth-order valence-corrected chi connectivity index (χ4v) is 1.07. The minimum atomic E-state index is -4.49. The van der Waals surface area contributed by atoms with Crippen LogP contribution in [0.15, 0.2) is 12.1 Å². The van der Waals surface area contributed by atoms with Gasteiger partial charge in [0.15, 0.2) is 6.61 Å². The number of pyridine rings is 1. The van der Waals surface area contributed by atoms with Crippen LogP contribution in [-0.4, -0.2) is 35.4 Å². The summed E-state index contributed by atoms with van der Waals surface area (Å²) in [5, 5.41) is 8.80. The van der Waals surface area contributed by atoms with Crippen LogP contribution in [0.3, 0.4) is 0 Å². The van der Waals surface area contributed by atoms with E-state index in [0.29, 0.717) is 0 Å². The average molecular weight is 265 g/mol. The Morgan fingerprint density at radius 3 is 2.56 bits per heavy atom. The zero-order chi connectivity index (χ0) is 13.8. The van der Waals surface area contributed by atoms with Crippen LogP contribution < -0.4 is 9.47 Å². The summed E-state index contributed by atoms with van der Waals surface area (Å²) >= 11 is 0. The predicted octanol–water partition coefficient (Wildman–Crippen LogP) is 2.12. The lowest BCUT2D eigenvalue weighted by Gasteiger charge is -2.10. The number of halogens is 3.